The molecule has 0 heterocycles. The number of nitrogens with one attached hydrogen (secondary N) is 1. The topological polar surface area (TPSA) is 41.5 Å². The van der Waals surface area contributed by atoms with E-state index in [1.54, 1.807) is 31.4 Å². The third-order valence-electron chi connectivity index (χ3n) is 2.96. The van der Waals surface area contributed by atoms with Crippen molar-refractivity contribution in [1.29, 1.82) is 0 Å². The smallest absolute Gasteiger partial charge is 0.141 e. The Morgan fingerprint density at radius 1 is 1.30 bits per heavy atom. The van der Waals surface area contributed by atoms with Gasteiger partial charge in [-0.05, 0) is 24.3 Å². The molecule has 0 radical (unpaired) electrons. The van der Waals surface area contributed by atoms with Crippen LogP contribution in [0, 0.1) is 5.82 Å². The lowest BCUT2D eigenvalue weighted by atomic mass is 10.1. The highest BCUT2D eigenvalue weighted by Gasteiger charge is 2.16. The lowest BCUT2D eigenvalue weighted by molar-refractivity contribution is 0.273. The van der Waals surface area contributed by atoms with Crippen molar-refractivity contribution >= 4 is 17.3 Å². The number of aliphatic hydroxyl groups is 1. The standard InChI is InChI=1S/C15H15ClFNO2/c1-20-15-5-3-2-4-13(15)18-14(9-19)11-7-6-10(16)8-12(11)17/h2-8,14,18-19H,9H2,1H3. The molecule has 0 spiro atoms. The highest BCUT2D eigenvalue weighted by molar-refractivity contribution is 6.30. The van der Waals surface area contributed by atoms with Crippen LogP contribution in [0.25, 0.3) is 0 Å². The summed E-state index contributed by atoms with van der Waals surface area (Å²) in [4.78, 5) is 0. The Kier molecular flexibility index (Phi) is 4.82. The molecular weight excluding hydrogens is 281 g/mol. The first-order valence-corrected chi connectivity index (χ1v) is 6.49. The van der Waals surface area contributed by atoms with Crippen LogP contribution in [0.5, 0.6) is 5.75 Å². The van der Waals surface area contributed by atoms with E-state index in [1.807, 2.05) is 12.1 Å². The van der Waals surface area contributed by atoms with Gasteiger partial charge in [0, 0.05) is 10.6 Å². The Morgan fingerprint density at radius 3 is 2.70 bits per heavy atom. The number of rotatable bonds is 5. The third-order valence-corrected chi connectivity index (χ3v) is 3.19. The van der Waals surface area contributed by atoms with Gasteiger partial charge < -0.3 is 15.2 Å². The second-order valence-electron chi connectivity index (χ2n) is 4.25. The predicted octanol–water partition coefficient (Wildman–Crippen LogP) is 3.63. The minimum atomic E-state index is -0.580. The maximum atomic E-state index is 13.9. The summed E-state index contributed by atoms with van der Waals surface area (Å²) in [6.45, 7) is -0.253. The first-order chi connectivity index (χ1) is 9.65. The van der Waals surface area contributed by atoms with Gasteiger partial charge in [0.05, 0.1) is 25.4 Å². The molecule has 0 aliphatic rings. The van der Waals surface area contributed by atoms with Crippen LogP contribution in [-0.4, -0.2) is 18.8 Å². The monoisotopic (exact) mass is 295 g/mol. The largest absolute Gasteiger partial charge is 0.495 e. The summed E-state index contributed by atoms with van der Waals surface area (Å²) in [5, 5.41) is 12.9. The van der Waals surface area contributed by atoms with E-state index in [2.05, 4.69) is 5.32 Å². The van der Waals surface area contributed by atoms with Gasteiger partial charge in [-0.1, -0.05) is 29.8 Å². The quantitative estimate of drug-likeness (QED) is 0.885. The average molecular weight is 296 g/mol. The van der Waals surface area contributed by atoms with E-state index in [0.717, 1.165) is 0 Å². The lowest BCUT2D eigenvalue weighted by Gasteiger charge is -2.20. The molecule has 0 saturated carbocycles. The van der Waals surface area contributed by atoms with Gasteiger partial charge in [0.25, 0.3) is 0 Å². The van der Waals surface area contributed by atoms with E-state index in [0.29, 0.717) is 22.0 Å². The summed E-state index contributed by atoms with van der Waals surface area (Å²) < 4.78 is 19.1. The number of hydrogen-bond acceptors (Lipinski definition) is 3. The zero-order valence-corrected chi connectivity index (χ0v) is 11.7. The van der Waals surface area contributed by atoms with Crippen molar-refractivity contribution in [3.8, 4) is 5.75 Å². The number of benzene rings is 2. The van der Waals surface area contributed by atoms with E-state index in [4.69, 9.17) is 16.3 Å². The average Bonchev–Trinajstić information content (AvgIpc) is 2.46. The van der Waals surface area contributed by atoms with Crippen molar-refractivity contribution in [3.05, 3.63) is 58.9 Å². The fourth-order valence-electron chi connectivity index (χ4n) is 1.96. The van der Waals surface area contributed by atoms with Crippen molar-refractivity contribution < 1.29 is 14.2 Å². The van der Waals surface area contributed by atoms with Crippen LogP contribution in [0.2, 0.25) is 5.02 Å². The van der Waals surface area contributed by atoms with Crippen LogP contribution in [0.3, 0.4) is 0 Å². The number of para-hydroxylation sites is 2. The number of aliphatic hydroxyl groups excluding tert-OH is 1. The van der Waals surface area contributed by atoms with E-state index in [-0.39, 0.29) is 6.61 Å². The zero-order chi connectivity index (χ0) is 14.5. The van der Waals surface area contributed by atoms with Gasteiger partial charge in [-0.15, -0.1) is 0 Å². The molecule has 0 fully saturated rings. The van der Waals surface area contributed by atoms with Crippen molar-refractivity contribution in [1.82, 2.24) is 0 Å². The van der Waals surface area contributed by atoms with E-state index >= 15 is 0 Å². The molecule has 2 rings (SSSR count). The van der Waals surface area contributed by atoms with Gasteiger partial charge in [0.15, 0.2) is 0 Å². The number of anilines is 1. The minimum absolute atomic E-state index is 0.253. The first-order valence-electron chi connectivity index (χ1n) is 6.11. The Hall–Kier alpha value is -1.78. The summed E-state index contributed by atoms with van der Waals surface area (Å²) in [7, 11) is 1.55. The summed E-state index contributed by atoms with van der Waals surface area (Å²) in [5.74, 6) is 0.166. The normalized spacial score (nSPS) is 12.0. The fraction of sp³-hybridized carbons (Fsp3) is 0.200. The Morgan fingerprint density at radius 2 is 2.05 bits per heavy atom. The van der Waals surface area contributed by atoms with Crippen LogP contribution < -0.4 is 10.1 Å². The lowest BCUT2D eigenvalue weighted by Crippen LogP contribution is -2.16. The molecule has 20 heavy (non-hydrogen) atoms. The SMILES string of the molecule is COc1ccccc1NC(CO)c1ccc(Cl)cc1F. The molecule has 0 amide bonds. The molecule has 0 aromatic heterocycles. The Labute approximate surface area is 122 Å². The van der Waals surface area contributed by atoms with Gasteiger partial charge in [-0.2, -0.15) is 0 Å². The van der Waals surface area contributed by atoms with E-state index in [1.165, 1.54) is 6.07 Å². The van der Waals surface area contributed by atoms with Crippen LogP contribution in [0.15, 0.2) is 42.5 Å². The number of halogens is 2. The molecule has 2 aromatic rings. The second kappa shape index (κ2) is 6.59. The van der Waals surface area contributed by atoms with Gasteiger partial charge in [-0.25, -0.2) is 4.39 Å². The van der Waals surface area contributed by atoms with Gasteiger partial charge in [0.2, 0.25) is 0 Å². The van der Waals surface area contributed by atoms with Crippen molar-refractivity contribution in [2.24, 2.45) is 0 Å². The summed E-state index contributed by atoms with van der Waals surface area (Å²) in [6, 6.07) is 11.0. The molecule has 2 aromatic carbocycles. The highest BCUT2D eigenvalue weighted by atomic mass is 35.5. The first kappa shape index (κ1) is 14.6. The van der Waals surface area contributed by atoms with Crippen LogP contribution in [0.4, 0.5) is 10.1 Å². The fourth-order valence-corrected chi connectivity index (χ4v) is 2.12. The molecular formula is C15H15ClFNO2. The predicted molar refractivity (Wildman–Crippen MR) is 77.9 cm³/mol. The van der Waals surface area contributed by atoms with Crippen molar-refractivity contribution in [2.45, 2.75) is 6.04 Å². The summed E-state index contributed by atoms with van der Waals surface area (Å²) in [6.07, 6.45) is 0. The third kappa shape index (κ3) is 3.21. The molecule has 106 valence electrons. The van der Waals surface area contributed by atoms with Crippen molar-refractivity contribution in [3.63, 3.8) is 0 Å². The summed E-state index contributed by atoms with van der Waals surface area (Å²) in [5.41, 5.74) is 1.03. The van der Waals surface area contributed by atoms with E-state index < -0.39 is 11.9 Å². The molecule has 2 N–H and O–H groups in total. The molecule has 0 bridgehead atoms. The Bertz CT molecular complexity index is 592. The van der Waals surface area contributed by atoms with E-state index in [9.17, 15) is 9.50 Å². The second-order valence-corrected chi connectivity index (χ2v) is 4.68. The van der Waals surface area contributed by atoms with Gasteiger partial charge in [0.1, 0.15) is 11.6 Å². The maximum absolute atomic E-state index is 13.9. The molecule has 0 aliphatic carbocycles. The molecule has 1 unspecified atom stereocenters. The number of hydrogen-bond donors (Lipinski definition) is 2. The number of methoxy groups -OCH3 is 1. The van der Waals surface area contributed by atoms with Gasteiger partial charge >= 0.3 is 0 Å². The minimum Gasteiger partial charge on any atom is -0.495 e. The van der Waals surface area contributed by atoms with Crippen LogP contribution in [0.1, 0.15) is 11.6 Å². The molecule has 1 atom stereocenters. The van der Waals surface area contributed by atoms with Crippen molar-refractivity contribution in [2.75, 3.05) is 19.0 Å². The number of ether oxygens (including phenoxy) is 1. The Balaban J connectivity index is 2.29. The van der Waals surface area contributed by atoms with Crippen LogP contribution >= 0.6 is 11.6 Å². The molecule has 0 saturated heterocycles. The highest BCUT2D eigenvalue weighted by Crippen LogP contribution is 2.29. The maximum Gasteiger partial charge on any atom is 0.141 e. The summed E-state index contributed by atoms with van der Waals surface area (Å²) >= 11 is 5.73. The molecule has 3 nitrogen and oxygen atoms in total. The molecule has 5 heteroatoms. The van der Waals surface area contributed by atoms with Crippen LogP contribution in [-0.2, 0) is 0 Å². The van der Waals surface area contributed by atoms with Gasteiger partial charge in [-0.3, -0.25) is 0 Å². The zero-order valence-electron chi connectivity index (χ0n) is 10.9. The molecule has 0 aliphatic heterocycles.